The van der Waals surface area contributed by atoms with Crippen LogP contribution in [0.15, 0.2) is 95.9 Å². The summed E-state index contributed by atoms with van der Waals surface area (Å²) in [7, 11) is 1.04. The number of urea groups is 1. The third-order valence-electron chi connectivity index (χ3n) is 8.97. The van der Waals surface area contributed by atoms with E-state index in [1.54, 1.807) is 26.4 Å². The minimum absolute atomic E-state index is 0.0213. The quantitative estimate of drug-likeness (QED) is 0.128. The molecule has 4 aromatic rings. The number of amides is 3. The third kappa shape index (κ3) is 9.27. The van der Waals surface area contributed by atoms with Gasteiger partial charge in [0.1, 0.15) is 34.8 Å². The van der Waals surface area contributed by atoms with Crippen LogP contribution in [-0.2, 0) is 27.9 Å². The number of likely N-dealkylation sites (N-methyl/N-ethyl adjacent to an activating group) is 1. The molecule has 0 spiro atoms. The fourth-order valence-electron chi connectivity index (χ4n) is 6.50. The van der Waals surface area contributed by atoms with Crippen LogP contribution in [0.1, 0.15) is 24.0 Å². The number of nitrogens with two attached hydrogens (primary N) is 1. The van der Waals surface area contributed by atoms with Crippen LogP contribution in [0.25, 0.3) is 0 Å². The first-order chi connectivity index (χ1) is 24.3. The van der Waals surface area contributed by atoms with Crippen LogP contribution in [0.3, 0.4) is 0 Å². The number of phenolic OH excluding ortho intramolecular Hbond substituents is 1. The van der Waals surface area contributed by atoms with Crippen LogP contribution in [-0.4, -0.2) is 81.3 Å². The zero-order valence-corrected chi connectivity index (χ0v) is 29.4. The van der Waals surface area contributed by atoms with Gasteiger partial charge in [0.15, 0.2) is 11.5 Å². The highest BCUT2D eigenvalue weighted by Crippen LogP contribution is 2.32. The van der Waals surface area contributed by atoms with Gasteiger partial charge in [-0.15, -0.1) is 0 Å². The standard InChI is InChI=1S/C37H41FN4O8S/c1-42(23-26-8-19-34(48-2)35(22-26)49-3)20-4-5-29(24-42)41(33(36(39)44)21-25-6-13-30(43)14-7-25)37(45)40-28-11-15-31(16-12-28)50-51(46,47)32-17-9-27(38)10-18-32/h6-19,22,29,33H,4-5,20-21,23-24H2,1-3H3,(H3-,39,40,43,44,45)/p+1/t29-,33-,42?/m0/s1. The van der Waals surface area contributed by atoms with Gasteiger partial charge >= 0.3 is 16.1 Å². The summed E-state index contributed by atoms with van der Waals surface area (Å²) in [5, 5.41) is 12.7. The van der Waals surface area contributed by atoms with Gasteiger partial charge in [-0.2, -0.15) is 8.42 Å². The third-order valence-corrected chi connectivity index (χ3v) is 10.2. The molecule has 0 radical (unpaired) electrons. The Kier molecular flexibility index (Phi) is 11.4. The molecular weight excluding hydrogens is 679 g/mol. The molecule has 5 rings (SSSR count). The number of carbonyl (C=O) groups excluding carboxylic acids is 2. The number of quaternary nitrogens is 1. The van der Waals surface area contributed by atoms with E-state index < -0.39 is 33.9 Å². The Morgan fingerprint density at radius 1 is 0.961 bits per heavy atom. The number of halogens is 1. The summed E-state index contributed by atoms with van der Waals surface area (Å²) in [6.07, 6.45) is 1.52. The number of benzene rings is 4. The number of phenols is 1. The molecule has 3 amide bonds. The summed E-state index contributed by atoms with van der Waals surface area (Å²) in [5.74, 6) is 0.00991. The molecule has 4 N–H and O–H groups in total. The second kappa shape index (κ2) is 15.7. The second-order valence-corrected chi connectivity index (χ2v) is 14.4. The smallest absolute Gasteiger partial charge is 0.339 e. The van der Waals surface area contributed by atoms with Crippen molar-refractivity contribution in [2.24, 2.45) is 5.73 Å². The summed E-state index contributed by atoms with van der Waals surface area (Å²) < 4.78 is 55.4. The monoisotopic (exact) mass is 721 g/mol. The van der Waals surface area contributed by atoms with E-state index in [9.17, 15) is 27.5 Å². The van der Waals surface area contributed by atoms with Crippen LogP contribution in [0.5, 0.6) is 23.0 Å². The Bertz CT molecular complexity index is 1940. The van der Waals surface area contributed by atoms with Gasteiger partial charge in [0.25, 0.3) is 0 Å². The van der Waals surface area contributed by atoms with Crippen molar-refractivity contribution in [1.29, 1.82) is 0 Å². The van der Waals surface area contributed by atoms with E-state index in [0.29, 0.717) is 46.7 Å². The Hall–Kier alpha value is -5.34. The number of hydrogen-bond acceptors (Lipinski definition) is 8. The second-order valence-electron chi connectivity index (χ2n) is 12.8. The van der Waals surface area contributed by atoms with Crippen molar-refractivity contribution in [2.45, 2.75) is 42.8 Å². The van der Waals surface area contributed by atoms with Gasteiger partial charge in [0.05, 0.1) is 40.4 Å². The lowest BCUT2D eigenvalue weighted by molar-refractivity contribution is -0.928. The fourth-order valence-corrected chi connectivity index (χ4v) is 7.43. The largest absolute Gasteiger partial charge is 0.508 e. The van der Waals surface area contributed by atoms with Gasteiger partial charge in [-0.3, -0.25) is 4.79 Å². The van der Waals surface area contributed by atoms with Crippen LogP contribution >= 0.6 is 0 Å². The lowest BCUT2D eigenvalue weighted by Gasteiger charge is -2.46. The molecular formula is C37H42FN4O8S+. The number of rotatable bonds is 13. The molecule has 0 aliphatic carbocycles. The van der Waals surface area contributed by atoms with Gasteiger partial charge < -0.3 is 39.2 Å². The van der Waals surface area contributed by atoms with Gasteiger partial charge in [0.2, 0.25) is 5.91 Å². The average molecular weight is 722 g/mol. The molecule has 1 unspecified atom stereocenters. The van der Waals surface area contributed by atoms with Crippen molar-refractivity contribution in [3.05, 3.63) is 108 Å². The van der Waals surface area contributed by atoms with Crippen molar-refractivity contribution in [2.75, 3.05) is 39.7 Å². The first kappa shape index (κ1) is 36.9. The van der Waals surface area contributed by atoms with E-state index in [-0.39, 0.29) is 28.9 Å². The van der Waals surface area contributed by atoms with Crippen LogP contribution in [0.2, 0.25) is 0 Å². The summed E-state index contributed by atoms with van der Waals surface area (Å²) in [4.78, 5) is 28.7. The Morgan fingerprint density at radius 2 is 1.61 bits per heavy atom. The molecule has 0 saturated carbocycles. The van der Waals surface area contributed by atoms with Crippen molar-refractivity contribution < 1.29 is 45.6 Å². The predicted molar refractivity (Wildman–Crippen MR) is 188 cm³/mol. The zero-order chi connectivity index (χ0) is 36.8. The lowest BCUT2D eigenvalue weighted by atomic mass is 9.96. The number of ether oxygens (including phenoxy) is 2. The predicted octanol–water partition coefficient (Wildman–Crippen LogP) is 5.06. The summed E-state index contributed by atoms with van der Waals surface area (Å²) in [6, 6.07) is 20.1. The van der Waals surface area contributed by atoms with Gasteiger partial charge in [-0.1, -0.05) is 12.1 Å². The molecule has 1 aliphatic heterocycles. The Labute approximate surface area is 296 Å². The van der Waals surface area contributed by atoms with Gasteiger partial charge in [-0.25, -0.2) is 9.18 Å². The fraction of sp³-hybridized carbons (Fsp3) is 0.297. The molecule has 0 aromatic heterocycles. The SMILES string of the molecule is COc1ccc(C[N+]2(C)CCC[C@H](N(C(=O)Nc3ccc(OS(=O)(=O)c4ccc(F)cc4)cc3)[C@@H](Cc3ccc(O)cc3)C(N)=O)C2)cc1OC. The molecule has 1 fully saturated rings. The van der Waals surface area contributed by atoms with E-state index in [1.165, 1.54) is 41.3 Å². The number of nitrogens with zero attached hydrogens (tertiary/aromatic N) is 2. The number of carbonyl (C=O) groups is 2. The number of nitrogens with one attached hydrogen (secondary N) is 1. The highest BCUT2D eigenvalue weighted by atomic mass is 32.2. The molecule has 4 aromatic carbocycles. The van der Waals surface area contributed by atoms with Crippen LogP contribution in [0, 0.1) is 5.82 Å². The minimum atomic E-state index is -4.23. The number of likely N-dealkylation sites (tertiary alicyclic amines) is 1. The number of anilines is 1. The maximum absolute atomic E-state index is 14.2. The normalized spacial score (nSPS) is 17.9. The van der Waals surface area contributed by atoms with Crippen LogP contribution < -0.4 is 24.7 Å². The molecule has 51 heavy (non-hydrogen) atoms. The Morgan fingerprint density at radius 3 is 2.24 bits per heavy atom. The van der Waals surface area contributed by atoms with E-state index in [1.807, 2.05) is 18.2 Å². The van der Waals surface area contributed by atoms with E-state index >= 15 is 0 Å². The molecule has 270 valence electrons. The molecule has 0 bridgehead atoms. The summed E-state index contributed by atoms with van der Waals surface area (Å²) in [6.45, 7) is 1.99. The Balaban J connectivity index is 1.39. The topological polar surface area (TPSA) is 157 Å². The number of primary amides is 1. The first-order valence-electron chi connectivity index (χ1n) is 16.3. The van der Waals surface area contributed by atoms with Crippen molar-refractivity contribution in [3.63, 3.8) is 0 Å². The molecule has 14 heteroatoms. The van der Waals surface area contributed by atoms with E-state index in [4.69, 9.17) is 19.4 Å². The zero-order valence-electron chi connectivity index (χ0n) is 28.6. The maximum atomic E-state index is 14.2. The number of hydrogen-bond donors (Lipinski definition) is 3. The van der Waals surface area contributed by atoms with Crippen molar-refractivity contribution in [3.8, 4) is 23.0 Å². The highest BCUT2D eigenvalue weighted by Gasteiger charge is 2.41. The highest BCUT2D eigenvalue weighted by molar-refractivity contribution is 7.87. The molecule has 1 aliphatic rings. The average Bonchev–Trinajstić information content (AvgIpc) is 3.09. The van der Waals surface area contributed by atoms with E-state index in [0.717, 1.165) is 42.8 Å². The summed E-state index contributed by atoms with van der Waals surface area (Å²) in [5.41, 5.74) is 8.05. The van der Waals surface area contributed by atoms with Crippen molar-refractivity contribution in [1.82, 2.24) is 4.90 Å². The maximum Gasteiger partial charge on any atom is 0.339 e. The molecule has 12 nitrogen and oxygen atoms in total. The molecule has 1 saturated heterocycles. The van der Waals surface area contributed by atoms with E-state index in [2.05, 4.69) is 12.4 Å². The van der Waals surface area contributed by atoms with Gasteiger partial charge in [0, 0.05) is 17.7 Å². The van der Waals surface area contributed by atoms with Crippen molar-refractivity contribution >= 4 is 27.7 Å². The number of piperidine rings is 1. The first-order valence-corrected chi connectivity index (χ1v) is 17.7. The molecule has 1 heterocycles. The summed E-state index contributed by atoms with van der Waals surface area (Å²) >= 11 is 0. The van der Waals surface area contributed by atoms with Crippen LogP contribution in [0.4, 0.5) is 14.9 Å². The molecule has 3 atom stereocenters. The van der Waals surface area contributed by atoms with Gasteiger partial charge in [-0.05, 0) is 97.3 Å². The number of methoxy groups -OCH3 is 2. The number of aromatic hydroxyl groups is 1. The minimum Gasteiger partial charge on any atom is -0.508 e. The lowest BCUT2D eigenvalue weighted by Crippen LogP contribution is -2.62.